The number of rotatable bonds is 3. The Hall–Kier alpha value is -0.370. The summed E-state index contributed by atoms with van der Waals surface area (Å²) in [4.78, 5) is 0. The molecule has 1 N–H and O–H groups in total. The molecule has 1 nitrogen and oxygen atoms in total. The van der Waals surface area contributed by atoms with E-state index < -0.39 is 0 Å². The molecule has 0 unspecified atom stereocenters. The van der Waals surface area contributed by atoms with E-state index in [0.717, 1.165) is 5.70 Å². The van der Waals surface area contributed by atoms with Gasteiger partial charge in [0, 0.05) is 12.7 Å². The molecule has 0 aromatic rings. The maximum Gasteiger partial charge on any atom is 0.0140 e. The van der Waals surface area contributed by atoms with Crippen molar-refractivity contribution >= 4 is 11.8 Å². The van der Waals surface area contributed by atoms with Gasteiger partial charge in [-0.15, -0.1) is 11.8 Å². The zero-order valence-electron chi connectivity index (χ0n) is 5.27. The quantitative estimate of drug-likeness (QED) is 0.625. The smallest absolute Gasteiger partial charge is 0.0140 e. The van der Waals surface area contributed by atoms with Crippen molar-refractivity contribution in [1.82, 2.24) is 5.32 Å². The molecule has 8 heavy (non-hydrogen) atoms. The summed E-state index contributed by atoms with van der Waals surface area (Å²) in [5, 5.41) is 6.79. The van der Waals surface area contributed by atoms with Crippen LogP contribution in [0.3, 0.4) is 0 Å². The van der Waals surface area contributed by atoms with Crippen LogP contribution < -0.4 is 5.32 Å². The molecular formula is C6H11NS. The first kappa shape index (κ1) is 7.63. The van der Waals surface area contributed by atoms with Crippen LogP contribution in [-0.2, 0) is 0 Å². The molecule has 0 saturated heterocycles. The van der Waals surface area contributed by atoms with E-state index in [2.05, 4.69) is 11.9 Å². The van der Waals surface area contributed by atoms with Crippen molar-refractivity contribution in [1.29, 1.82) is 0 Å². The summed E-state index contributed by atoms with van der Waals surface area (Å²) < 4.78 is 0. The van der Waals surface area contributed by atoms with Gasteiger partial charge in [-0.25, -0.2) is 0 Å². The molecule has 0 amide bonds. The van der Waals surface area contributed by atoms with Gasteiger partial charge in [0.25, 0.3) is 0 Å². The van der Waals surface area contributed by atoms with E-state index in [9.17, 15) is 0 Å². The van der Waals surface area contributed by atoms with Gasteiger partial charge in [-0.2, -0.15) is 0 Å². The Morgan fingerprint density at radius 2 is 2.38 bits per heavy atom. The van der Waals surface area contributed by atoms with E-state index in [0.29, 0.717) is 0 Å². The van der Waals surface area contributed by atoms with Crippen LogP contribution in [0, 0.1) is 0 Å². The predicted octanol–water partition coefficient (Wildman–Crippen LogP) is 1.94. The van der Waals surface area contributed by atoms with Crippen molar-refractivity contribution in [2.24, 2.45) is 0 Å². The van der Waals surface area contributed by atoms with Crippen molar-refractivity contribution in [2.75, 3.05) is 7.05 Å². The largest absolute Gasteiger partial charge is 0.391 e. The van der Waals surface area contributed by atoms with Gasteiger partial charge >= 0.3 is 0 Å². The van der Waals surface area contributed by atoms with Crippen molar-refractivity contribution in [3.05, 3.63) is 23.1 Å². The van der Waals surface area contributed by atoms with E-state index in [4.69, 9.17) is 0 Å². The molecule has 0 bridgehead atoms. The van der Waals surface area contributed by atoms with E-state index in [1.165, 1.54) is 0 Å². The number of thioether (sulfide) groups is 1. The van der Waals surface area contributed by atoms with Gasteiger partial charge in [-0.1, -0.05) is 6.58 Å². The highest BCUT2D eigenvalue weighted by Gasteiger charge is 1.76. The summed E-state index contributed by atoms with van der Waals surface area (Å²) in [7, 11) is 1.90. The van der Waals surface area contributed by atoms with E-state index in [1.54, 1.807) is 17.2 Å². The van der Waals surface area contributed by atoms with Crippen molar-refractivity contribution in [2.45, 2.75) is 6.92 Å². The summed E-state index contributed by atoms with van der Waals surface area (Å²) in [6.45, 7) is 5.57. The number of hydrogen-bond donors (Lipinski definition) is 1. The second-order valence-electron chi connectivity index (χ2n) is 1.35. The zero-order chi connectivity index (χ0) is 6.41. The van der Waals surface area contributed by atoms with Gasteiger partial charge < -0.3 is 5.32 Å². The Bertz CT molecular complexity index is 96.7. The summed E-state index contributed by atoms with van der Waals surface area (Å²) >= 11 is 1.58. The molecule has 0 aliphatic carbocycles. The van der Waals surface area contributed by atoms with Crippen LogP contribution in [0.25, 0.3) is 0 Å². The molecule has 0 heterocycles. The third-order valence-corrected chi connectivity index (χ3v) is 1.42. The van der Waals surface area contributed by atoms with Crippen LogP contribution in [0.2, 0.25) is 0 Å². The van der Waals surface area contributed by atoms with E-state index in [1.807, 2.05) is 19.4 Å². The number of allylic oxidation sites excluding steroid dienone is 1. The summed E-state index contributed by atoms with van der Waals surface area (Å²) in [6.07, 6.45) is 0. The second-order valence-corrected chi connectivity index (χ2v) is 2.19. The zero-order valence-corrected chi connectivity index (χ0v) is 6.09. The van der Waals surface area contributed by atoms with Crippen LogP contribution in [-0.4, -0.2) is 7.05 Å². The minimum atomic E-state index is 1.16. The lowest BCUT2D eigenvalue weighted by molar-refractivity contribution is 0.996. The summed E-state index contributed by atoms with van der Waals surface area (Å²) in [5.41, 5.74) is 1.16. The van der Waals surface area contributed by atoms with Crippen molar-refractivity contribution < 1.29 is 0 Å². The maximum absolute atomic E-state index is 3.56. The third kappa shape index (κ3) is 3.81. The second kappa shape index (κ2) is 4.78. The Balaban J connectivity index is 3.40. The Morgan fingerprint density at radius 3 is 2.75 bits per heavy atom. The Labute approximate surface area is 54.9 Å². The molecule has 0 fully saturated rings. The first-order valence-electron chi connectivity index (χ1n) is 2.42. The lowest BCUT2D eigenvalue weighted by atomic mass is 10.6. The molecule has 0 spiro atoms. The molecule has 0 aliphatic heterocycles. The first-order chi connectivity index (χ1) is 3.81. The third-order valence-electron chi connectivity index (χ3n) is 0.735. The lowest BCUT2D eigenvalue weighted by Gasteiger charge is -1.93. The van der Waals surface area contributed by atoms with Gasteiger partial charge in [0.2, 0.25) is 0 Å². The van der Waals surface area contributed by atoms with Crippen LogP contribution in [0.15, 0.2) is 23.1 Å². The molecule has 2 heteroatoms. The topological polar surface area (TPSA) is 12.0 Å². The van der Waals surface area contributed by atoms with E-state index in [-0.39, 0.29) is 0 Å². The molecule has 0 aliphatic rings. The molecular weight excluding hydrogens is 118 g/mol. The number of hydrogen-bond acceptors (Lipinski definition) is 2. The normalized spacial score (nSPS) is 11.0. The maximum atomic E-state index is 3.56. The minimum Gasteiger partial charge on any atom is -0.391 e. The fraction of sp³-hybridized carbons (Fsp3) is 0.333. The standard InChI is InChI=1S/C6H11NS/c1-4-8-5-6(2)7-3/h4-5,7H,1H2,2-3H3/b6-5+. The molecule has 0 saturated carbocycles. The van der Waals surface area contributed by atoms with Crippen LogP contribution in [0.5, 0.6) is 0 Å². The predicted molar refractivity (Wildman–Crippen MR) is 40.6 cm³/mol. The van der Waals surface area contributed by atoms with E-state index >= 15 is 0 Å². The summed E-state index contributed by atoms with van der Waals surface area (Å²) in [5.74, 6) is 0. The molecule has 46 valence electrons. The highest BCUT2D eigenvalue weighted by atomic mass is 32.2. The Morgan fingerprint density at radius 1 is 1.75 bits per heavy atom. The molecule has 0 atom stereocenters. The van der Waals surface area contributed by atoms with Crippen LogP contribution in [0.1, 0.15) is 6.92 Å². The van der Waals surface area contributed by atoms with Crippen LogP contribution in [0.4, 0.5) is 0 Å². The fourth-order valence-corrected chi connectivity index (χ4v) is 0.627. The molecule has 0 radical (unpaired) electrons. The van der Waals surface area contributed by atoms with Crippen LogP contribution >= 0.6 is 11.8 Å². The van der Waals surface area contributed by atoms with Crippen molar-refractivity contribution in [3.8, 4) is 0 Å². The highest BCUT2D eigenvalue weighted by molar-refractivity contribution is 8.04. The van der Waals surface area contributed by atoms with Crippen molar-refractivity contribution in [3.63, 3.8) is 0 Å². The molecule has 0 aromatic heterocycles. The van der Waals surface area contributed by atoms with Gasteiger partial charge in [0.1, 0.15) is 0 Å². The SMILES string of the molecule is C=CS/C=C(\C)NC. The average molecular weight is 129 g/mol. The van der Waals surface area contributed by atoms with Gasteiger partial charge in [0.15, 0.2) is 0 Å². The lowest BCUT2D eigenvalue weighted by Crippen LogP contribution is -1.99. The minimum absolute atomic E-state index is 1.16. The highest BCUT2D eigenvalue weighted by Crippen LogP contribution is 2.03. The first-order valence-corrected chi connectivity index (χ1v) is 3.36. The molecule has 0 aromatic carbocycles. The average Bonchev–Trinajstić information content (AvgIpc) is 1.83. The number of nitrogens with one attached hydrogen (secondary N) is 1. The fourth-order valence-electron chi connectivity index (χ4n) is 0.209. The Kier molecular flexibility index (Phi) is 4.56. The monoisotopic (exact) mass is 129 g/mol. The van der Waals surface area contributed by atoms with Gasteiger partial charge in [-0.05, 0) is 17.7 Å². The van der Waals surface area contributed by atoms with Gasteiger partial charge in [0.05, 0.1) is 0 Å². The van der Waals surface area contributed by atoms with Gasteiger partial charge in [-0.3, -0.25) is 0 Å². The molecule has 0 rings (SSSR count). The summed E-state index contributed by atoms with van der Waals surface area (Å²) in [6, 6.07) is 0.